The number of carbonyl (C=O) groups excluding carboxylic acids is 1. The number of amides is 1. The van der Waals surface area contributed by atoms with Gasteiger partial charge in [-0.15, -0.1) is 0 Å². The number of ether oxygens (including phenoxy) is 1. The number of hydrogen-bond acceptors (Lipinski definition) is 5. The van der Waals surface area contributed by atoms with E-state index in [4.69, 9.17) is 4.74 Å². The van der Waals surface area contributed by atoms with Crippen LogP contribution in [0.2, 0.25) is 0 Å². The molecule has 1 unspecified atom stereocenters. The van der Waals surface area contributed by atoms with Crippen molar-refractivity contribution in [3.05, 3.63) is 18.0 Å². The Morgan fingerprint density at radius 1 is 1.27 bits per heavy atom. The van der Waals surface area contributed by atoms with E-state index in [-0.39, 0.29) is 11.8 Å². The molecule has 6 heteroatoms. The molecule has 0 saturated carbocycles. The van der Waals surface area contributed by atoms with E-state index < -0.39 is 0 Å². The Bertz CT molecular complexity index is 499. The smallest absolute Gasteiger partial charge is 0.227 e. The first-order valence-electron chi connectivity index (χ1n) is 8.20. The average molecular weight is 304 g/mol. The lowest BCUT2D eigenvalue weighted by Crippen LogP contribution is -2.48. The number of anilines is 1. The largest absolute Gasteiger partial charge is 0.378 e. The number of piperidine rings is 1. The van der Waals surface area contributed by atoms with Gasteiger partial charge < -0.3 is 14.5 Å². The van der Waals surface area contributed by atoms with Crippen LogP contribution in [-0.2, 0) is 16.0 Å². The minimum absolute atomic E-state index is 0.0568. The molecule has 1 aromatic heterocycles. The Morgan fingerprint density at radius 2 is 2.00 bits per heavy atom. The minimum Gasteiger partial charge on any atom is -0.378 e. The second kappa shape index (κ2) is 7.05. The van der Waals surface area contributed by atoms with E-state index in [2.05, 4.69) is 21.8 Å². The summed E-state index contributed by atoms with van der Waals surface area (Å²) in [7, 11) is 0. The fraction of sp³-hybridized carbons (Fsp3) is 0.688. The number of aromatic nitrogens is 2. The normalized spacial score (nSPS) is 22.7. The third-order valence-corrected chi connectivity index (χ3v) is 4.48. The van der Waals surface area contributed by atoms with Crippen LogP contribution < -0.4 is 4.90 Å². The predicted octanol–water partition coefficient (Wildman–Crippen LogP) is 1.11. The molecule has 2 aliphatic heterocycles. The summed E-state index contributed by atoms with van der Waals surface area (Å²) in [6.45, 7) is 6.50. The first-order chi connectivity index (χ1) is 10.8. The molecule has 3 heterocycles. The zero-order valence-electron chi connectivity index (χ0n) is 13.2. The molecule has 2 saturated heterocycles. The lowest BCUT2D eigenvalue weighted by Gasteiger charge is -2.36. The summed E-state index contributed by atoms with van der Waals surface area (Å²) in [5.41, 5.74) is 1.14. The maximum absolute atomic E-state index is 12.6. The third-order valence-electron chi connectivity index (χ3n) is 4.48. The van der Waals surface area contributed by atoms with Crippen LogP contribution >= 0.6 is 0 Å². The van der Waals surface area contributed by atoms with Crippen molar-refractivity contribution in [1.29, 1.82) is 0 Å². The lowest BCUT2D eigenvalue weighted by molar-refractivity contribution is -0.139. The fourth-order valence-electron chi connectivity index (χ4n) is 3.10. The van der Waals surface area contributed by atoms with Crippen LogP contribution in [0.1, 0.15) is 25.3 Å². The number of morpholine rings is 1. The highest BCUT2D eigenvalue weighted by atomic mass is 16.5. The van der Waals surface area contributed by atoms with Crippen LogP contribution in [0.25, 0.3) is 0 Å². The SMILES string of the molecule is CCc1cnc(N2CCCC(C(=O)N3CCOCC3)C2)nc1. The van der Waals surface area contributed by atoms with Gasteiger partial charge in [-0.05, 0) is 24.8 Å². The Morgan fingerprint density at radius 3 is 2.68 bits per heavy atom. The summed E-state index contributed by atoms with van der Waals surface area (Å²) in [5.74, 6) is 1.07. The van der Waals surface area contributed by atoms with Crippen LogP contribution in [0.4, 0.5) is 5.95 Å². The molecule has 0 N–H and O–H groups in total. The number of hydrogen-bond donors (Lipinski definition) is 0. The van der Waals surface area contributed by atoms with Crippen molar-refractivity contribution >= 4 is 11.9 Å². The first kappa shape index (κ1) is 15.2. The summed E-state index contributed by atoms with van der Waals surface area (Å²) < 4.78 is 5.33. The first-order valence-corrected chi connectivity index (χ1v) is 8.20. The van der Waals surface area contributed by atoms with Crippen LogP contribution in [0.15, 0.2) is 12.4 Å². The molecule has 0 radical (unpaired) electrons. The van der Waals surface area contributed by atoms with Gasteiger partial charge in [0.2, 0.25) is 11.9 Å². The van der Waals surface area contributed by atoms with Crippen molar-refractivity contribution in [3.63, 3.8) is 0 Å². The Kier molecular flexibility index (Phi) is 4.87. The number of carbonyl (C=O) groups is 1. The summed E-state index contributed by atoms with van der Waals surface area (Å²) in [4.78, 5) is 25.6. The molecular formula is C16H24N4O2. The van der Waals surface area contributed by atoms with E-state index in [0.29, 0.717) is 13.2 Å². The molecule has 2 aliphatic rings. The van der Waals surface area contributed by atoms with Crippen molar-refractivity contribution in [2.24, 2.45) is 5.92 Å². The second-order valence-electron chi connectivity index (χ2n) is 5.97. The number of rotatable bonds is 3. The molecule has 0 spiro atoms. The molecule has 6 nitrogen and oxygen atoms in total. The zero-order valence-corrected chi connectivity index (χ0v) is 13.2. The predicted molar refractivity (Wildman–Crippen MR) is 83.7 cm³/mol. The van der Waals surface area contributed by atoms with E-state index >= 15 is 0 Å². The van der Waals surface area contributed by atoms with Gasteiger partial charge in [0.05, 0.1) is 19.1 Å². The van der Waals surface area contributed by atoms with Gasteiger partial charge in [0.25, 0.3) is 0 Å². The summed E-state index contributed by atoms with van der Waals surface area (Å²) in [6.07, 6.45) is 6.68. The van der Waals surface area contributed by atoms with Gasteiger partial charge in [-0.3, -0.25) is 4.79 Å². The van der Waals surface area contributed by atoms with Gasteiger partial charge in [0.15, 0.2) is 0 Å². The molecule has 1 atom stereocenters. The maximum Gasteiger partial charge on any atom is 0.227 e. The Balaban J connectivity index is 1.64. The minimum atomic E-state index is 0.0568. The highest BCUT2D eigenvalue weighted by Gasteiger charge is 2.30. The van der Waals surface area contributed by atoms with Gasteiger partial charge in [0.1, 0.15) is 0 Å². The Hall–Kier alpha value is -1.69. The van der Waals surface area contributed by atoms with E-state index in [1.54, 1.807) is 0 Å². The highest BCUT2D eigenvalue weighted by molar-refractivity contribution is 5.79. The molecule has 0 aliphatic carbocycles. The van der Waals surface area contributed by atoms with Crippen LogP contribution in [0, 0.1) is 5.92 Å². The molecule has 120 valence electrons. The summed E-state index contributed by atoms with van der Waals surface area (Å²) in [5, 5.41) is 0. The van der Waals surface area contributed by atoms with Crippen molar-refractivity contribution < 1.29 is 9.53 Å². The van der Waals surface area contributed by atoms with Gasteiger partial charge in [-0.2, -0.15) is 0 Å². The summed E-state index contributed by atoms with van der Waals surface area (Å²) in [6, 6.07) is 0. The van der Waals surface area contributed by atoms with Crippen molar-refractivity contribution in [3.8, 4) is 0 Å². The standard InChI is InChI=1S/C16H24N4O2/c1-2-13-10-17-16(18-11-13)20-5-3-4-14(12-20)15(21)19-6-8-22-9-7-19/h10-11,14H,2-9,12H2,1H3. The van der Waals surface area contributed by atoms with E-state index in [0.717, 1.165) is 57.0 Å². The fourth-order valence-corrected chi connectivity index (χ4v) is 3.10. The van der Waals surface area contributed by atoms with Crippen molar-refractivity contribution in [2.45, 2.75) is 26.2 Å². The van der Waals surface area contributed by atoms with Crippen LogP contribution in [-0.4, -0.2) is 60.2 Å². The lowest BCUT2D eigenvalue weighted by atomic mass is 9.96. The average Bonchev–Trinajstić information content (AvgIpc) is 2.62. The van der Waals surface area contributed by atoms with Gasteiger partial charge in [-0.25, -0.2) is 9.97 Å². The van der Waals surface area contributed by atoms with E-state index in [9.17, 15) is 4.79 Å². The van der Waals surface area contributed by atoms with E-state index in [1.165, 1.54) is 0 Å². The third kappa shape index (κ3) is 3.38. The van der Waals surface area contributed by atoms with E-state index in [1.807, 2.05) is 17.3 Å². The van der Waals surface area contributed by atoms with Crippen LogP contribution in [0.3, 0.4) is 0 Å². The number of aryl methyl sites for hydroxylation is 1. The van der Waals surface area contributed by atoms with Gasteiger partial charge >= 0.3 is 0 Å². The van der Waals surface area contributed by atoms with Crippen molar-refractivity contribution in [1.82, 2.24) is 14.9 Å². The second-order valence-corrected chi connectivity index (χ2v) is 5.97. The monoisotopic (exact) mass is 304 g/mol. The molecule has 2 fully saturated rings. The highest BCUT2D eigenvalue weighted by Crippen LogP contribution is 2.22. The maximum atomic E-state index is 12.6. The molecule has 0 aromatic carbocycles. The molecular weight excluding hydrogens is 280 g/mol. The molecule has 0 bridgehead atoms. The zero-order chi connectivity index (χ0) is 15.4. The molecule has 3 rings (SSSR count). The quantitative estimate of drug-likeness (QED) is 0.837. The molecule has 1 amide bonds. The van der Waals surface area contributed by atoms with Gasteiger partial charge in [0, 0.05) is 38.6 Å². The topological polar surface area (TPSA) is 58.6 Å². The Labute approximate surface area is 131 Å². The number of nitrogens with zero attached hydrogens (tertiary/aromatic N) is 4. The molecule has 1 aromatic rings. The summed E-state index contributed by atoms with van der Waals surface area (Å²) >= 11 is 0. The van der Waals surface area contributed by atoms with Crippen molar-refractivity contribution in [2.75, 3.05) is 44.3 Å². The van der Waals surface area contributed by atoms with Crippen LogP contribution in [0.5, 0.6) is 0 Å². The van der Waals surface area contributed by atoms with Gasteiger partial charge in [-0.1, -0.05) is 6.92 Å². The molecule has 22 heavy (non-hydrogen) atoms.